The molecule has 2 aromatic rings. The van der Waals surface area contributed by atoms with Crippen LogP contribution in [-0.4, -0.2) is 19.5 Å². The smallest absolute Gasteiger partial charge is 0.335 e. The normalized spacial score (nSPS) is 11.3. The van der Waals surface area contributed by atoms with Gasteiger partial charge in [0.2, 0.25) is 0 Å². The summed E-state index contributed by atoms with van der Waals surface area (Å²) in [5.74, 6) is -1.89. The minimum absolute atomic E-state index is 0.0125. The standard InChI is InChI=1S/C14H10BrFO4S/c15-12-7-9(1-6-13(12)16)8-21(19,20)11-4-2-10(3-5-11)14(17)18/h1-7H,8H2,(H,17,18). The first-order valence-corrected chi connectivity index (χ1v) is 8.24. The molecule has 2 rings (SSSR count). The van der Waals surface area contributed by atoms with Crippen LogP contribution >= 0.6 is 15.9 Å². The van der Waals surface area contributed by atoms with Gasteiger partial charge in [-0.25, -0.2) is 17.6 Å². The maximum atomic E-state index is 13.1. The van der Waals surface area contributed by atoms with Crippen LogP contribution < -0.4 is 0 Å². The Bertz CT molecular complexity index is 785. The number of halogens is 2. The Hall–Kier alpha value is -1.73. The molecule has 0 amide bonds. The molecule has 0 aliphatic rings. The van der Waals surface area contributed by atoms with Gasteiger partial charge in [0.15, 0.2) is 9.84 Å². The van der Waals surface area contributed by atoms with Gasteiger partial charge in [0.05, 0.1) is 20.7 Å². The van der Waals surface area contributed by atoms with Crippen LogP contribution in [-0.2, 0) is 15.6 Å². The van der Waals surface area contributed by atoms with Crippen molar-refractivity contribution in [3.8, 4) is 0 Å². The highest BCUT2D eigenvalue weighted by molar-refractivity contribution is 9.10. The summed E-state index contributed by atoms with van der Waals surface area (Å²) < 4.78 is 37.8. The summed E-state index contributed by atoms with van der Waals surface area (Å²) in [5.41, 5.74) is 0.448. The highest BCUT2D eigenvalue weighted by Gasteiger charge is 2.16. The molecule has 0 spiro atoms. The van der Waals surface area contributed by atoms with Crippen LogP contribution in [0.1, 0.15) is 15.9 Å². The average molecular weight is 373 g/mol. The molecule has 0 unspecified atom stereocenters. The lowest BCUT2D eigenvalue weighted by Gasteiger charge is -2.06. The first-order chi connectivity index (χ1) is 9.79. The summed E-state index contributed by atoms with van der Waals surface area (Å²) in [6.07, 6.45) is 0. The highest BCUT2D eigenvalue weighted by atomic mass is 79.9. The summed E-state index contributed by atoms with van der Waals surface area (Å²) in [6, 6.07) is 8.94. The van der Waals surface area contributed by atoms with Gasteiger partial charge in [-0.2, -0.15) is 0 Å². The van der Waals surface area contributed by atoms with Crippen LogP contribution in [0.2, 0.25) is 0 Å². The van der Waals surface area contributed by atoms with Gasteiger partial charge < -0.3 is 5.11 Å². The van der Waals surface area contributed by atoms with Crippen molar-refractivity contribution in [2.75, 3.05) is 0 Å². The van der Waals surface area contributed by atoms with Crippen molar-refractivity contribution in [3.63, 3.8) is 0 Å². The molecule has 0 aromatic heterocycles. The molecule has 0 aliphatic heterocycles. The third-order valence-electron chi connectivity index (χ3n) is 2.80. The van der Waals surface area contributed by atoms with E-state index in [0.717, 1.165) is 0 Å². The second kappa shape index (κ2) is 5.95. The maximum absolute atomic E-state index is 13.1. The Balaban J connectivity index is 2.29. The fourth-order valence-corrected chi connectivity index (χ4v) is 3.50. The number of rotatable bonds is 4. The number of sulfone groups is 1. The van der Waals surface area contributed by atoms with Crippen LogP contribution in [0.25, 0.3) is 0 Å². The summed E-state index contributed by atoms with van der Waals surface area (Å²) >= 11 is 3.00. The zero-order chi connectivity index (χ0) is 15.6. The van der Waals surface area contributed by atoms with Crippen molar-refractivity contribution < 1.29 is 22.7 Å². The second-order valence-corrected chi connectivity index (χ2v) is 7.18. The van der Waals surface area contributed by atoms with Gasteiger partial charge in [0, 0.05) is 0 Å². The largest absolute Gasteiger partial charge is 0.478 e. The first-order valence-electron chi connectivity index (χ1n) is 5.79. The van der Waals surface area contributed by atoms with Crippen LogP contribution in [0.15, 0.2) is 51.8 Å². The van der Waals surface area contributed by atoms with E-state index in [9.17, 15) is 17.6 Å². The number of hydrogen-bond acceptors (Lipinski definition) is 3. The average Bonchev–Trinajstić information content (AvgIpc) is 2.43. The van der Waals surface area contributed by atoms with E-state index in [4.69, 9.17) is 5.11 Å². The molecule has 4 nitrogen and oxygen atoms in total. The number of benzene rings is 2. The molecule has 0 radical (unpaired) electrons. The molecule has 0 saturated carbocycles. The van der Waals surface area contributed by atoms with E-state index in [-0.39, 0.29) is 20.7 Å². The van der Waals surface area contributed by atoms with Gasteiger partial charge in [-0.05, 0) is 57.9 Å². The fourth-order valence-electron chi connectivity index (χ4n) is 1.74. The molecule has 0 fully saturated rings. The minimum Gasteiger partial charge on any atom is -0.478 e. The maximum Gasteiger partial charge on any atom is 0.335 e. The van der Waals surface area contributed by atoms with Gasteiger partial charge >= 0.3 is 5.97 Å². The number of carboxylic acid groups (broad SMARTS) is 1. The van der Waals surface area contributed by atoms with Crippen LogP contribution in [0.3, 0.4) is 0 Å². The van der Waals surface area contributed by atoms with E-state index in [0.29, 0.717) is 5.56 Å². The van der Waals surface area contributed by atoms with Crippen LogP contribution in [0.4, 0.5) is 4.39 Å². The lowest BCUT2D eigenvalue weighted by atomic mass is 10.2. The molecule has 0 heterocycles. The van der Waals surface area contributed by atoms with Crippen molar-refractivity contribution in [2.45, 2.75) is 10.6 Å². The summed E-state index contributed by atoms with van der Waals surface area (Å²) in [7, 11) is -3.62. The number of carboxylic acids is 1. The van der Waals surface area contributed by atoms with E-state index >= 15 is 0 Å². The first kappa shape index (κ1) is 15.7. The third kappa shape index (κ3) is 3.68. The summed E-state index contributed by atoms with van der Waals surface area (Å²) in [6.45, 7) is 0. The highest BCUT2D eigenvalue weighted by Crippen LogP contribution is 2.21. The Kier molecular flexibility index (Phi) is 4.43. The Morgan fingerprint density at radius 1 is 1.14 bits per heavy atom. The molecule has 7 heteroatoms. The van der Waals surface area contributed by atoms with E-state index in [1.54, 1.807) is 0 Å². The van der Waals surface area contributed by atoms with Crippen molar-refractivity contribution >= 4 is 31.7 Å². The monoisotopic (exact) mass is 372 g/mol. The molecule has 110 valence electrons. The molecule has 21 heavy (non-hydrogen) atoms. The molecule has 0 atom stereocenters. The van der Waals surface area contributed by atoms with Crippen molar-refractivity contribution in [1.82, 2.24) is 0 Å². The molecule has 0 saturated heterocycles. The topological polar surface area (TPSA) is 71.4 Å². The van der Waals surface area contributed by atoms with Crippen molar-refractivity contribution in [2.24, 2.45) is 0 Å². The molecular formula is C14H10BrFO4S. The minimum atomic E-state index is -3.62. The SMILES string of the molecule is O=C(O)c1ccc(S(=O)(=O)Cc2ccc(F)c(Br)c2)cc1. The number of hydrogen-bond donors (Lipinski definition) is 1. The van der Waals surface area contributed by atoms with Gasteiger partial charge in [-0.15, -0.1) is 0 Å². The molecule has 1 N–H and O–H groups in total. The fraction of sp³-hybridized carbons (Fsp3) is 0.0714. The quantitative estimate of drug-likeness (QED) is 0.893. The lowest BCUT2D eigenvalue weighted by Crippen LogP contribution is -2.06. The van der Waals surface area contributed by atoms with Gasteiger partial charge in [0.25, 0.3) is 0 Å². The Morgan fingerprint density at radius 2 is 1.76 bits per heavy atom. The Morgan fingerprint density at radius 3 is 2.29 bits per heavy atom. The van der Waals surface area contributed by atoms with Crippen LogP contribution in [0, 0.1) is 5.82 Å². The number of aromatic carboxylic acids is 1. The van der Waals surface area contributed by atoms with E-state index < -0.39 is 21.6 Å². The van der Waals surface area contributed by atoms with Gasteiger partial charge in [-0.3, -0.25) is 0 Å². The van der Waals surface area contributed by atoms with E-state index in [2.05, 4.69) is 15.9 Å². The zero-order valence-electron chi connectivity index (χ0n) is 10.6. The third-order valence-corrected chi connectivity index (χ3v) is 5.11. The lowest BCUT2D eigenvalue weighted by molar-refractivity contribution is 0.0696. The van der Waals surface area contributed by atoms with Gasteiger partial charge in [0.1, 0.15) is 5.82 Å². The van der Waals surface area contributed by atoms with Crippen molar-refractivity contribution in [1.29, 1.82) is 0 Å². The van der Waals surface area contributed by atoms with Crippen molar-refractivity contribution in [3.05, 3.63) is 63.9 Å². The second-order valence-electron chi connectivity index (χ2n) is 4.34. The zero-order valence-corrected chi connectivity index (χ0v) is 13.0. The summed E-state index contributed by atoms with van der Waals surface area (Å²) in [4.78, 5) is 10.8. The predicted molar refractivity (Wildman–Crippen MR) is 78.4 cm³/mol. The molecule has 0 aliphatic carbocycles. The molecule has 0 bridgehead atoms. The molecule has 2 aromatic carbocycles. The van der Waals surface area contributed by atoms with E-state index in [1.807, 2.05) is 0 Å². The predicted octanol–water partition coefficient (Wildman–Crippen LogP) is 3.26. The van der Waals surface area contributed by atoms with Gasteiger partial charge in [-0.1, -0.05) is 6.07 Å². The number of carbonyl (C=O) groups is 1. The summed E-state index contributed by atoms with van der Waals surface area (Å²) in [5, 5.41) is 8.78. The Labute approximate surface area is 129 Å². The van der Waals surface area contributed by atoms with E-state index in [1.165, 1.54) is 42.5 Å². The van der Waals surface area contributed by atoms with Crippen LogP contribution in [0.5, 0.6) is 0 Å². The molecular weight excluding hydrogens is 363 g/mol.